The van der Waals surface area contributed by atoms with Crippen molar-refractivity contribution in [1.29, 1.82) is 0 Å². The van der Waals surface area contributed by atoms with Gasteiger partial charge in [0.25, 0.3) is 0 Å². The van der Waals surface area contributed by atoms with Crippen LogP contribution in [0.15, 0.2) is 9.98 Å². The summed E-state index contributed by atoms with van der Waals surface area (Å²) in [6.07, 6.45) is 2.56. The molecular weight excluding hydrogens is 358 g/mol. The summed E-state index contributed by atoms with van der Waals surface area (Å²) in [7, 11) is 0. The maximum absolute atomic E-state index is 4.47. The first-order chi connectivity index (χ1) is 11.8. The van der Waals surface area contributed by atoms with Crippen molar-refractivity contribution in [2.24, 2.45) is 21.8 Å². The molecule has 0 amide bonds. The molecule has 0 bridgehead atoms. The highest BCUT2D eigenvalue weighted by atomic mass is 32.2. The van der Waals surface area contributed by atoms with Gasteiger partial charge in [-0.1, -0.05) is 11.8 Å². The molecule has 4 heterocycles. The van der Waals surface area contributed by atoms with E-state index in [-0.39, 0.29) is 0 Å². The van der Waals surface area contributed by atoms with E-state index in [4.69, 9.17) is 0 Å². The minimum absolute atomic E-state index is 0.762. The van der Waals surface area contributed by atoms with Crippen LogP contribution in [0.5, 0.6) is 0 Å². The van der Waals surface area contributed by atoms with Crippen LogP contribution < -0.4 is 5.32 Å². The standard InChI is InChI=1S/C8H15N3S.C8H14N2S2/c12-6-7-1-4-11(5-7)8-9-2-3-10-8;11-6-7-1-3-10(5-7)8-9-2-4-12-8/h7,12H,1-6H2,(H,9,10);7,11H,1-6H2. The monoisotopic (exact) mass is 387 g/mol. The van der Waals surface area contributed by atoms with Crippen molar-refractivity contribution in [3.8, 4) is 0 Å². The molecule has 0 spiro atoms. The molecule has 8 heteroatoms. The van der Waals surface area contributed by atoms with E-state index < -0.39 is 0 Å². The number of nitrogens with zero attached hydrogens (tertiary/aromatic N) is 4. The largest absolute Gasteiger partial charge is 0.354 e. The van der Waals surface area contributed by atoms with Crippen molar-refractivity contribution in [3.63, 3.8) is 0 Å². The van der Waals surface area contributed by atoms with Crippen molar-refractivity contribution in [2.45, 2.75) is 12.8 Å². The van der Waals surface area contributed by atoms with E-state index in [9.17, 15) is 0 Å². The molecule has 0 radical (unpaired) electrons. The highest BCUT2D eigenvalue weighted by Gasteiger charge is 2.26. The molecule has 0 aromatic rings. The van der Waals surface area contributed by atoms with Crippen LogP contribution in [0.4, 0.5) is 0 Å². The van der Waals surface area contributed by atoms with Crippen molar-refractivity contribution in [1.82, 2.24) is 15.1 Å². The van der Waals surface area contributed by atoms with E-state index in [1.54, 1.807) is 0 Å². The average molecular weight is 388 g/mol. The molecule has 136 valence electrons. The minimum Gasteiger partial charge on any atom is -0.354 e. The van der Waals surface area contributed by atoms with E-state index in [1.807, 2.05) is 11.8 Å². The number of thioether (sulfide) groups is 1. The summed E-state index contributed by atoms with van der Waals surface area (Å²) in [6, 6.07) is 0. The Bertz CT molecular complexity index is 429. The van der Waals surface area contributed by atoms with E-state index in [1.165, 1.54) is 36.9 Å². The van der Waals surface area contributed by atoms with E-state index in [2.05, 4.69) is 50.4 Å². The quantitative estimate of drug-likeness (QED) is 0.629. The van der Waals surface area contributed by atoms with Gasteiger partial charge in [0.05, 0.1) is 13.1 Å². The number of nitrogens with one attached hydrogen (secondary N) is 1. The predicted molar refractivity (Wildman–Crippen MR) is 112 cm³/mol. The number of thiol groups is 2. The van der Waals surface area contributed by atoms with Crippen LogP contribution in [0, 0.1) is 11.8 Å². The Balaban J connectivity index is 0.000000141. The highest BCUT2D eigenvalue weighted by Crippen LogP contribution is 2.23. The number of rotatable bonds is 2. The van der Waals surface area contributed by atoms with Gasteiger partial charge in [0.15, 0.2) is 11.1 Å². The van der Waals surface area contributed by atoms with E-state index in [0.29, 0.717) is 0 Å². The minimum atomic E-state index is 0.762. The van der Waals surface area contributed by atoms with Crippen molar-refractivity contribution >= 4 is 48.1 Å². The molecule has 2 fully saturated rings. The second-order valence-corrected chi connectivity index (χ2v) is 8.50. The van der Waals surface area contributed by atoms with Crippen LogP contribution in [0.25, 0.3) is 0 Å². The number of guanidine groups is 1. The maximum Gasteiger partial charge on any atom is 0.194 e. The van der Waals surface area contributed by atoms with E-state index >= 15 is 0 Å². The first kappa shape index (κ1) is 18.6. The van der Waals surface area contributed by atoms with Gasteiger partial charge in [-0.2, -0.15) is 25.3 Å². The lowest BCUT2D eigenvalue weighted by Crippen LogP contribution is -2.37. The molecule has 4 aliphatic rings. The zero-order valence-electron chi connectivity index (χ0n) is 14.2. The van der Waals surface area contributed by atoms with Crippen molar-refractivity contribution < 1.29 is 0 Å². The smallest absolute Gasteiger partial charge is 0.194 e. The normalized spacial score (nSPS) is 29.2. The summed E-state index contributed by atoms with van der Waals surface area (Å²) >= 11 is 10.5. The van der Waals surface area contributed by atoms with Gasteiger partial charge in [-0.25, -0.2) is 0 Å². The van der Waals surface area contributed by atoms with Gasteiger partial charge in [0.1, 0.15) is 0 Å². The third kappa shape index (κ3) is 4.91. The molecule has 2 unspecified atom stereocenters. The molecule has 0 aromatic carbocycles. The molecule has 2 atom stereocenters. The maximum atomic E-state index is 4.47. The molecular formula is C16H29N5S3. The van der Waals surface area contributed by atoms with Gasteiger partial charge in [-0.15, -0.1) is 0 Å². The molecule has 5 nitrogen and oxygen atoms in total. The Hall–Kier alpha value is -0.210. The van der Waals surface area contributed by atoms with Crippen LogP contribution >= 0.6 is 37.0 Å². The molecule has 2 saturated heterocycles. The lowest BCUT2D eigenvalue weighted by Gasteiger charge is -2.17. The zero-order chi connectivity index (χ0) is 16.8. The Labute approximate surface area is 160 Å². The zero-order valence-corrected chi connectivity index (χ0v) is 16.8. The number of aliphatic imine (C=N–C) groups is 2. The number of amidine groups is 1. The summed E-state index contributed by atoms with van der Waals surface area (Å²) in [5.41, 5.74) is 0. The number of hydrogen-bond donors (Lipinski definition) is 3. The predicted octanol–water partition coefficient (Wildman–Crippen LogP) is 1.54. The van der Waals surface area contributed by atoms with Crippen LogP contribution in [0.2, 0.25) is 0 Å². The number of likely N-dealkylation sites (tertiary alicyclic amines) is 2. The lowest BCUT2D eigenvalue weighted by atomic mass is 10.2. The van der Waals surface area contributed by atoms with Crippen molar-refractivity contribution in [2.75, 3.05) is 63.1 Å². The molecule has 1 N–H and O–H groups in total. The van der Waals surface area contributed by atoms with Crippen LogP contribution in [0.1, 0.15) is 12.8 Å². The molecule has 0 aliphatic carbocycles. The first-order valence-electron chi connectivity index (χ1n) is 8.97. The lowest BCUT2D eigenvalue weighted by molar-refractivity contribution is 0.484. The molecule has 0 saturated carbocycles. The summed E-state index contributed by atoms with van der Waals surface area (Å²) in [5.74, 6) is 5.87. The van der Waals surface area contributed by atoms with Gasteiger partial charge in [0, 0.05) is 38.5 Å². The van der Waals surface area contributed by atoms with Gasteiger partial charge in [-0.05, 0) is 36.2 Å². The Morgan fingerprint density at radius 1 is 1.00 bits per heavy atom. The fraction of sp³-hybridized carbons (Fsp3) is 0.875. The number of hydrogen-bond acceptors (Lipinski definition) is 8. The molecule has 4 rings (SSSR count). The second kappa shape index (κ2) is 9.48. The summed E-state index contributed by atoms with van der Waals surface area (Å²) in [6.45, 7) is 7.62. The summed E-state index contributed by atoms with van der Waals surface area (Å²) < 4.78 is 0. The van der Waals surface area contributed by atoms with Gasteiger partial charge in [0.2, 0.25) is 0 Å². The van der Waals surface area contributed by atoms with Crippen LogP contribution in [-0.4, -0.2) is 84.0 Å². The molecule has 0 aromatic heterocycles. The Kier molecular flexibility index (Phi) is 7.34. The van der Waals surface area contributed by atoms with Crippen LogP contribution in [-0.2, 0) is 0 Å². The van der Waals surface area contributed by atoms with Crippen molar-refractivity contribution in [3.05, 3.63) is 0 Å². The fourth-order valence-electron chi connectivity index (χ4n) is 3.44. The third-order valence-electron chi connectivity index (χ3n) is 4.88. The first-order valence-corrected chi connectivity index (χ1v) is 11.2. The van der Waals surface area contributed by atoms with Crippen LogP contribution in [0.3, 0.4) is 0 Å². The fourth-order valence-corrected chi connectivity index (χ4v) is 4.93. The summed E-state index contributed by atoms with van der Waals surface area (Å²) in [4.78, 5) is 13.6. The third-order valence-corrected chi connectivity index (χ3v) is 6.95. The second-order valence-electron chi connectivity index (χ2n) is 6.71. The Morgan fingerprint density at radius 3 is 2.25 bits per heavy atom. The Morgan fingerprint density at radius 2 is 1.71 bits per heavy atom. The average Bonchev–Trinajstić information content (AvgIpc) is 3.43. The summed E-state index contributed by atoms with van der Waals surface area (Å²) in [5, 5.41) is 4.57. The highest BCUT2D eigenvalue weighted by molar-refractivity contribution is 8.14. The topological polar surface area (TPSA) is 43.2 Å². The van der Waals surface area contributed by atoms with Gasteiger partial charge < -0.3 is 15.1 Å². The SMILES string of the molecule is SCC1CCN(C2=NCCN2)C1.SCC1CCN(C2=NCCS2)C1. The molecule has 4 aliphatic heterocycles. The van der Waals surface area contributed by atoms with Gasteiger partial charge in [-0.3, -0.25) is 9.98 Å². The molecule has 24 heavy (non-hydrogen) atoms. The van der Waals surface area contributed by atoms with E-state index in [0.717, 1.165) is 62.0 Å². The van der Waals surface area contributed by atoms with Gasteiger partial charge >= 0.3 is 0 Å².